The predicted molar refractivity (Wildman–Crippen MR) is 105 cm³/mol. The minimum atomic E-state index is -0.413. The fraction of sp³-hybridized carbons (Fsp3) is 0.864. The molecule has 0 unspecified atom stereocenters. The molecule has 0 spiro atoms. The molecule has 2 bridgehead atoms. The Morgan fingerprint density at radius 3 is 2.00 bits per heavy atom. The summed E-state index contributed by atoms with van der Waals surface area (Å²) in [6, 6.07) is 0. The molecule has 0 radical (unpaired) electrons. The smallest absolute Gasteiger partial charge is 0.306 e. The van der Waals surface area contributed by atoms with Gasteiger partial charge in [0.2, 0.25) is 0 Å². The molecule has 156 valence electrons. The molecule has 2 heterocycles. The molecule has 2 rings (SSSR count). The Morgan fingerprint density at radius 2 is 1.41 bits per heavy atom. The molecular weight excluding hydrogens is 344 g/mol. The minimum Gasteiger partial charge on any atom is -0.453 e. The highest BCUT2D eigenvalue weighted by molar-refractivity contribution is 5.69. The van der Waals surface area contributed by atoms with Crippen LogP contribution in [-0.2, 0) is 19.0 Å². The summed E-state index contributed by atoms with van der Waals surface area (Å²) < 4.78 is 16.4. The van der Waals surface area contributed by atoms with Gasteiger partial charge < -0.3 is 19.3 Å². The van der Waals surface area contributed by atoms with Crippen LogP contribution in [0.2, 0.25) is 0 Å². The maximum absolute atomic E-state index is 11.9. The first-order chi connectivity index (χ1) is 13.3. The van der Waals surface area contributed by atoms with Gasteiger partial charge in [-0.1, -0.05) is 76.7 Å². The standard InChI is InChI=1S/C22H38O5/c23-17-13-11-9-7-5-3-1-2-4-6-8-10-12-14-21(24)27-20-16-15-19-18-25-22(20)26-19/h15-16,19-20,22-23H,1-14,17-18H2/t19-,20-,22+/m0/s1. The van der Waals surface area contributed by atoms with Crippen LogP contribution in [0.3, 0.4) is 0 Å². The second kappa shape index (κ2) is 14.1. The Balaban J connectivity index is 1.32. The van der Waals surface area contributed by atoms with E-state index in [0.717, 1.165) is 19.3 Å². The number of hydrogen-bond donors (Lipinski definition) is 1. The summed E-state index contributed by atoms with van der Waals surface area (Å²) in [5, 5.41) is 8.72. The van der Waals surface area contributed by atoms with Crippen LogP contribution in [0.15, 0.2) is 12.2 Å². The Bertz CT molecular complexity index is 423. The quantitative estimate of drug-likeness (QED) is 0.239. The molecule has 1 saturated heterocycles. The monoisotopic (exact) mass is 382 g/mol. The Kier molecular flexibility index (Phi) is 11.7. The molecule has 0 amide bonds. The molecule has 1 fully saturated rings. The molecule has 27 heavy (non-hydrogen) atoms. The van der Waals surface area contributed by atoms with Gasteiger partial charge in [0.25, 0.3) is 0 Å². The summed E-state index contributed by atoms with van der Waals surface area (Å²) in [6.07, 6.45) is 19.3. The molecule has 2 aliphatic heterocycles. The topological polar surface area (TPSA) is 65.0 Å². The zero-order chi connectivity index (χ0) is 19.2. The van der Waals surface area contributed by atoms with Crippen molar-refractivity contribution in [1.82, 2.24) is 0 Å². The normalized spacial score (nSPS) is 23.7. The van der Waals surface area contributed by atoms with Crippen LogP contribution in [0.5, 0.6) is 0 Å². The van der Waals surface area contributed by atoms with Crippen molar-refractivity contribution in [2.75, 3.05) is 13.2 Å². The van der Waals surface area contributed by atoms with E-state index in [9.17, 15) is 4.79 Å². The first-order valence-corrected chi connectivity index (χ1v) is 11.1. The number of fused-ring (bicyclic) bond motifs is 2. The average molecular weight is 383 g/mol. The van der Waals surface area contributed by atoms with Crippen molar-refractivity contribution in [2.24, 2.45) is 0 Å². The van der Waals surface area contributed by atoms with Gasteiger partial charge in [-0.3, -0.25) is 4.79 Å². The number of esters is 1. The van der Waals surface area contributed by atoms with E-state index in [1.165, 1.54) is 64.2 Å². The van der Waals surface area contributed by atoms with Crippen molar-refractivity contribution in [3.63, 3.8) is 0 Å². The lowest BCUT2D eigenvalue weighted by molar-refractivity contribution is -0.170. The highest BCUT2D eigenvalue weighted by atomic mass is 16.7. The third-order valence-corrected chi connectivity index (χ3v) is 5.32. The van der Waals surface area contributed by atoms with E-state index in [4.69, 9.17) is 19.3 Å². The number of aliphatic hydroxyl groups is 1. The van der Waals surface area contributed by atoms with Crippen molar-refractivity contribution in [1.29, 1.82) is 0 Å². The lowest BCUT2D eigenvalue weighted by Gasteiger charge is -2.22. The van der Waals surface area contributed by atoms with Crippen molar-refractivity contribution in [2.45, 2.75) is 108 Å². The summed E-state index contributed by atoms with van der Waals surface area (Å²) in [6.45, 7) is 0.893. The zero-order valence-electron chi connectivity index (χ0n) is 16.8. The summed E-state index contributed by atoms with van der Waals surface area (Å²) in [5.74, 6) is -0.152. The molecule has 5 heteroatoms. The predicted octanol–water partition coefficient (Wildman–Crippen LogP) is 4.66. The lowest BCUT2D eigenvalue weighted by atomic mass is 10.0. The summed E-state index contributed by atoms with van der Waals surface area (Å²) >= 11 is 0. The van der Waals surface area contributed by atoms with Crippen molar-refractivity contribution < 1.29 is 24.1 Å². The number of aliphatic hydroxyl groups excluding tert-OH is 1. The molecular formula is C22H38O5. The van der Waals surface area contributed by atoms with Gasteiger partial charge in [-0.2, -0.15) is 0 Å². The molecule has 0 aromatic carbocycles. The van der Waals surface area contributed by atoms with Gasteiger partial charge in [-0.05, 0) is 18.9 Å². The number of rotatable bonds is 16. The van der Waals surface area contributed by atoms with Crippen LogP contribution in [0.25, 0.3) is 0 Å². The van der Waals surface area contributed by atoms with E-state index in [0.29, 0.717) is 19.6 Å². The third-order valence-electron chi connectivity index (χ3n) is 5.32. The van der Waals surface area contributed by atoms with Gasteiger partial charge in [0.1, 0.15) is 6.10 Å². The van der Waals surface area contributed by atoms with E-state index in [2.05, 4.69) is 0 Å². The SMILES string of the molecule is O=C(CCCCCCCCCCCCCCCO)O[C@H]1C=C[C@H]2CO[C@@H]1O2. The molecule has 0 aliphatic carbocycles. The highest BCUT2D eigenvalue weighted by Crippen LogP contribution is 2.24. The average Bonchev–Trinajstić information content (AvgIpc) is 3.06. The fourth-order valence-corrected chi connectivity index (χ4v) is 3.67. The zero-order valence-corrected chi connectivity index (χ0v) is 16.8. The summed E-state index contributed by atoms with van der Waals surface area (Å²) in [5.41, 5.74) is 0. The van der Waals surface area contributed by atoms with Crippen LogP contribution >= 0.6 is 0 Å². The van der Waals surface area contributed by atoms with E-state index >= 15 is 0 Å². The third kappa shape index (κ3) is 9.72. The summed E-state index contributed by atoms with van der Waals surface area (Å²) in [4.78, 5) is 11.9. The number of ether oxygens (including phenoxy) is 3. The van der Waals surface area contributed by atoms with Crippen molar-refractivity contribution >= 4 is 5.97 Å². The second-order valence-electron chi connectivity index (χ2n) is 7.79. The molecule has 5 nitrogen and oxygen atoms in total. The van der Waals surface area contributed by atoms with Crippen LogP contribution in [0, 0.1) is 0 Å². The largest absolute Gasteiger partial charge is 0.453 e. The van der Waals surface area contributed by atoms with Crippen LogP contribution in [0.4, 0.5) is 0 Å². The van der Waals surface area contributed by atoms with Gasteiger partial charge >= 0.3 is 5.97 Å². The van der Waals surface area contributed by atoms with E-state index < -0.39 is 6.29 Å². The van der Waals surface area contributed by atoms with E-state index in [1.807, 2.05) is 12.2 Å². The van der Waals surface area contributed by atoms with Crippen LogP contribution in [0.1, 0.15) is 89.9 Å². The molecule has 0 aromatic heterocycles. The van der Waals surface area contributed by atoms with Crippen molar-refractivity contribution in [3.8, 4) is 0 Å². The van der Waals surface area contributed by atoms with Crippen LogP contribution in [-0.4, -0.2) is 42.8 Å². The molecule has 0 aromatic rings. The van der Waals surface area contributed by atoms with E-state index in [1.54, 1.807) is 0 Å². The molecule has 3 atom stereocenters. The maximum Gasteiger partial charge on any atom is 0.306 e. The Morgan fingerprint density at radius 1 is 0.852 bits per heavy atom. The molecule has 1 N–H and O–H groups in total. The van der Waals surface area contributed by atoms with Crippen LogP contribution < -0.4 is 0 Å². The Hall–Kier alpha value is -0.910. The van der Waals surface area contributed by atoms with Gasteiger partial charge in [0, 0.05) is 13.0 Å². The number of carbonyl (C=O) groups excluding carboxylic acids is 1. The Labute approximate surface area is 164 Å². The van der Waals surface area contributed by atoms with Gasteiger partial charge in [-0.15, -0.1) is 0 Å². The van der Waals surface area contributed by atoms with Gasteiger partial charge in [0.15, 0.2) is 12.4 Å². The summed E-state index contributed by atoms with van der Waals surface area (Å²) in [7, 11) is 0. The first kappa shape index (κ1) is 22.4. The van der Waals surface area contributed by atoms with E-state index in [-0.39, 0.29) is 18.2 Å². The first-order valence-electron chi connectivity index (χ1n) is 11.1. The van der Waals surface area contributed by atoms with Crippen molar-refractivity contribution in [3.05, 3.63) is 12.2 Å². The van der Waals surface area contributed by atoms with Gasteiger partial charge in [0.05, 0.1) is 6.61 Å². The highest BCUT2D eigenvalue weighted by Gasteiger charge is 2.36. The number of unbranched alkanes of at least 4 members (excludes halogenated alkanes) is 12. The maximum atomic E-state index is 11.9. The lowest BCUT2D eigenvalue weighted by Crippen LogP contribution is -2.33. The number of hydrogen-bond acceptors (Lipinski definition) is 5. The van der Waals surface area contributed by atoms with Gasteiger partial charge in [-0.25, -0.2) is 0 Å². The second-order valence-corrected chi connectivity index (χ2v) is 7.79. The fourth-order valence-electron chi connectivity index (χ4n) is 3.67. The number of carbonyl (C=O) groups is 1. The molecule has 0 saturated carbocycles. The molecule has 2 aliphatic rings. The minimum absolute atomic E-state index is 0.0295.